The normalized spacial score (nSPS) is 23.0. The SMILES string of the molecule is CC(=O)c1ccc(C(=O)Nc2ccn([C@@H]3O[C@H](CO)[C@H](O)C3(F)F)c(=O)n2)cc1. The Morgan fingerprint density at radius 2 is 1.86 bits per heavy atom. The molecule has 3 atom stereocenters. The zero-order chi connectivity index (χ0) is 21.3. The third-order valence-electron chi connectivity index (χ3n) is 4.44. The second-order valence-electron chi connectivity index (χ2n) is 6.42. The largest absolute Gasteiger partial charge is 0.394 e. The maximum atomic E-state index is 14.2. The number of nitrogens with zero attached hydrogens (tertiary/aromatic N) is 2. The van der Waals surface area contributed by atoms with Gasteiger partial charge in [0.15, 0.2) is 11.9 Å². The van der Waals surface area contributed by atoms with Crippen LogP contribution in [-0.2, 0) is 4.74 Å². The van der Waals surface area contributed by atoms with Crippen LogP contribution in [0, 0.1) is 0 Å². The zero-order valence-corrected chi connectivity index (χ0v) is 15.1. The Morgan fingerprint density at radius 1 is 1.24 bits per heavy atom. The van der Waals surface area contributed by atoms with E-state index in [9.17, 15) is 28.3 Å². The lowest BCUT2D eigenvalue weighted by Gasteiger charge is -2.21. The Morgan fingerprint density at radius 3 is 2.38 bits per heavy atom. The van der Waals surface area contributed by atoms with Crippen molar-refractivity contribution in [1.29, 1.82) is 0 Å². The summed E-state index contributed by atoms with van der Waals surface area (Å²) in [5.74, 6) is -4.81. The van der Waals surface area contributed by atoms with Gasteiger partial charge in [-0.05, 0) is 25.1 Å². The molecule has 11 heteroatoms. The number of aliphatic hydroxyl groups excluding tert-OH is 2. The number of ether oxygens (including phenoxy) is 1. The van der Waals surface area contributed by atoms with Crippen molar-refractivity contribution in [2.45, 2.75) is 31.3 Å². The molecule has 3 rings (SSSR count). The Kier molecular flexibility index (Phi) is 5.55. The number of alkyl halides is 2. The van der Waals surface area contributed by atoms with Crippen LogP contribution in [0.3, 0.4) is 0 Å². The highest BCUT2D eigenvalue weighted by molar-refractivity contribution is 6.04. The molecule has 1 aromatic carbocycles. The first-order valence-electron chi connectivity index (χ1n) is 8.49. The summed E-state index contributed by atoms with van der Waals surface area (Å²) < 4.78 is 33.7. The topological polar surface area (TPSA) is 131 Å². The first-order valence-corrected chi connectivity index (χ1v) is 8.49. The number of benzene rings is 1. The molecule has 1 fully saturated rings. The Hall–Kier alpha value is -3.02. The molecule has 0 aliphatic carbocycles. The Labute approximate surface area is 162 Å². The van der Waals surface area contributed by atoms with Gasteiger partial charge >= 0.3 is 11.6 Å². The molecule has 29 heavy (non-hydrogen) atoms. The van der Waals surface area contributed by atoms with Crippen LogP contribution in [0.25, 0.3) is 0 Å². The number of halogens is 2. The summed E-state index contributed by atoms with van der Waals surface area (Å²) in [4.78, 5) is 39.2. The summed E-state index contributed by atoms with van der Waals surface area (Å²) >= 11 is 0. The molecule has 0 bridgehead atoms. The fourth-order valence-corrected chi connectivity index (χ4v) is 2.82. The van der Waals surface area contributed by atoms with Crippen LogP contribution < -0.4 is 11.0 Å². The molecule has 2 aromatic rings. The number of amides is 1. The van der Waals surface area contributed by atoms with E-state index < -0.39 is 42.6 Å². The number of carbonyl (C=O) groups excluding carboxylic acids is 2. The smallest absolute Gasteiger partial charge is 0.351 e. The second-order valence-corrected chi connectivity index (χ2v) is 6.42. The number of Topliss-reactive ketones (excluding diaryl/α,β-unsaturated/α-hetero) is 1. The van der Waals surface area contributed by atoms with Crippen LogP contribution in [0.1, 0.15) is 33.9 Å². The number of ketones is 1. The standard InChI is InChI=1S/C18H17F2N3O6/c1-9(25)10-2-4-11(5-3-10)15(27)21-13-6-7-23(17(28)22-13)16-18(19,20)14(26)12(8-24)29-16/h2-7,12,14,16,24,26H,8H2,1H3,(H,21,22,27,28)/t12-,14+,16-/m1/s1. The van der Waals surface area contributed by atoms with E-state index >= 15 is 0 Å². The van der Waals surface area contributed by atoms with Crippen LogP contribution in [0.2, 0.25) is 0 Å². The second kappa shape index (κ2) is 7.78. The third kappa shape index (κ3) is 3.92. The van der Waals surface area contributed by atoms with Crippen molar-refractivity contribution >= 4 is 17.5 Å². The van der Waals surface area contributed by atoms with Gasteiger partial charge in [0.1, 0.15) is 11.9 Å². The van der Waals surface area contributed by atoms with E-state index in [2.05, 4.69) is 10.3 Å². The highest BCUT2D eigenvalue weighted by Gasteiger charge is 2.59. The number of anilines is 1. The molecule has 0 spiro atoms. The minimum atomic E-state index is -3.83. The molecule has 0 unspecified atom stereocenters. The monoisotopic (exact) mass is 409 g/mol. The zero-order valence-electron chi connectivity index (χ0n) is 15.1. The first-order chi connectivity index (χ1) is 13.6. The van der Waals surface area contributed by atoms with Gasteiger partial charge < -0.3 is 20.3 Å². The molecular weight excluding hydrogens is 392 g/mol. The van der Waals surface area contributed by atoms with Crippen molar-refractivity contribution in [3.8, 4) is 0 Å². The number of hydrogen-bond donors (Lipinski definition) is 3. The van der Waals surface area contributed by atoms with Crippen molar-refractivity contribution < 1.29 is 33.3 Å². The average Bonchev–Trinajstić information content (AvgIpc) is 2.91. The summed E-state index contributed by atoms with van der Waals surface area (Å²) in [6.07, 6.45) is -5.06. The molecule has 3 N–H and O–H groups in total. The number of aromatic nitrogens is 2. The molecule has 1 saturated heterocycles. The predicted octanol–water partition coefficient (Wildman–Crippen LogP) is 0.584. The average molecular weight is 409 g/mol. The highest BCUT2D eigenvalue weighted by Crippen LogP contribution is 2.41. The van der Waals surface area contributed by atoms with E-state index in [4.69, 9.17) is 9.84 Å². The summed E-state index contributed by atoms with van der Waals surface area (Å²) in [6.45, 7) is 0.527. The summed E-state index contributed by atoms with van der Waals surface area (Å²) in [5.41, 5.74) is -0.533. The van der Waals surface area contributed by atoms with Gasteiger partial charge in [0, 0.05) is 17.3 Å². The minimum Gasteiger partial charge on any atom is -0.394 e. The number of rotatable bonds is 5. The van der Waals surface area contributed by atoms with E-state index in [1.54, 1.807) is 0 Å². The van der Waals surface area contributed by atoms with E-state index in [0.29, 0.717) is 10.1 Å². The fraction of sp³-hybridized carbons (Fsp3) is 0.333. The van der Waals surface area contributed by atoms with E-state index in [1.807, 2.05) is 0 Å². The number of hydrogen-bond acceptors (Lipinski definition) is 7. The molecule has 2 heterocycles. The quantitative estimate of drug-likeness (QED) is 0.616. The minimum absolute atomic E-state index is 0.165. The van der Waals surface area contributed by atoms with Crippen molar-refractivity contribution in [2.24, 2.45) is 0 Å². The van der Waals surface area contributed by atoms with Gasteiger partial charge in [-0.3, -0.25) is 14.2 Å². The highest BCUT2D eigenvalue weighted by atomic mass is 19.3. The van der Waals surface area contributed by atoms with E-state index in [1.165, 1.54) is 31.2 Å². The molecule has 1 aliphatic heterocycles. The van der Waals surface area contributed by atoms with Crippen molar-refractivity contribution in [1.82, 2.24) is 9.55 Å². The molecular formula is C18H17F2N3O6. The lowest BCUT2D eigenvalue weighted by atomic mass is 10.1. The van der Waals surface area contributed by atoms with Crippen LogP contribution in [0.15, 0.2) is 41.3 Å². The molecule has 9 nitrogen and oxygen atoms in total. The lowest BCUT2D eigenvalue weighted by Crippen LogP contribution is -2.41. The van der Waals surface area contributed by atoms with Crippen LogP contribution >= 0.6 is 0 Å². The predicted molar refractivity (Wildman–Crippen MR) is 94.8 cm³/mol. The van der Waals surface area contributed by atoms with E-state index in [-0.39, 0.29) is 17.2 Å². The van der Waals surface area contributed by atoms with Crippen LogP contribution in [0.4, 0.5) is 14.6 Å². The maximum absolute atomic E-state index is 14.2. The Balaban J connectivity index is 1.78. The summed E-state index contributed by atoms with van der Waals surface area (Å²) in [7, 11) is 0. The molecule has 1 amide bonds. The molecule has 154 valence electrons. The molecule has 1 aromatic heterocycles. The van der Waals surface area contributed by atoms with Crippen molar-refractivity contribution in [3.63, 3.8) is 0 Å². The van der Waals surface area contributed by atoms with Crippen LogP contribution in [-0.4, -0.2) is 56.2 Å². The first kappa shape index (κ1) is 20.7. The molecule has 1 aliphatic rings. The van der Waals surface area contributed by atoms with Gasteiger partial charge in [-0.25, -0.2) is 4.79 Å². The number of nitrogens with one attached hydrogen (secondary N) is 1. The molecule has 0 saturated carbocycles. The molecule has 0 radical (unpaired) electrons. The van der Waals surface area contributed by atoms with E-state index in [0.717, 1.165) is 12.3 Å². The van der Waals surface area contributed by atoms with Crippen molar-refractivity contribution in [3.05, 3.63) is 58.1 Å². The van der Waals surface area contributed by atoms with Crippen LogP contribution in [0.5, 0.6) is 0 Å². The van der Waals surface area contributed by atoms with Gasteiger partial charge in [-0.2, -0.15) is 13.8 Å². The van der Waals surface area contributed by atoms with Gasteiger partial charge in [-0.15, -0.1) is 0 Å². The van der Waals surface area contributed by atoms with Gasteiger partial charge in [0.05, 0.1) is 6.61 Å². The van der Waals surface area contributed by atoms with Gasteiger partial charge in [-0.1, -0.05) is 12.1 Å². The Bertz CT molecular complexity index is 992. The summed E-state index contributed by atoms with van der Waals surface area (Å²) in [5, 5.41) is 20.9. The van der Waals surface area contributed by atoms with Gasteiger partial charge in [0.2, 0.25) is 6.23 Å². The third-order valence-corrected chi connectivity index (χ3v) is 4.44. The summed E-state index contributed by atoms with van der Waals surface area (Å²) in [6, 6.07) is 6.87. The number of aliphatic hydroxyl groups is 2. The lowest BCUT2D eigenvalue weighted by molar-refractivity contribution is -0.140. The van der Waals surface area contributed by atoms with Gasteiger partial charge in [0.25, 0.3) is 5.91 Å². The van der Waals surface area contributed by atoms with Crippen molar-refractivity contribution in [2.75, 3.05) is 11.9 Å². The number of carbonyl (C=O) groups is 2. The fourth-order valence-electron chi connectivity index (χ4n) is 2.82. The maximum Gasteiger partial charge on any atom is 0.351 e.